The normalized spacial score (nSPS) is 12.3. The van der Waals surface area contributed by atoms with E-state index < -0.39 is 0 Å². The van der Waals surface area contributed by atoms with E-state index in [0.717, 1.165) is 19.4 Å². The number of rotatable bonds is 6. The molecule has 0 saturated carbocycles. The molecule has 0 fully saturated rings. The first-order valence-corrected chi connectivity index (χ1v) is 6.15. The van der Waals surface area contributed by atoms with Gasteiger partial charge in [-0.3, -0.25) is 0 Å². The highest BCUT2D eigenvalue weighted by atomic mass is 32.1. The molecule has 0 amide bonds. The molecular weight excluding hydrogens is 206 g/mol. The first-order chi connectivity index (χ1) is 7.30. The Balaban J connectivity index is 2.38. The Kier molecular flexibility index (Phi) is 5.30. The summed E-state index contributed by atoms with van der Waals surface area (Å²) in [4.78, 5) is 5.55. The Hall–Kier alpha value is -0.920. The standard InChI is InChI=1S/C11H17N3S/c1-3-9(5-6-12)13-7-10-8-14-11(4-2)15-10/h8-9,13H,3-5,7H2,1-2H3. The van der Waals surface area contributed by atoms with Crippen LogP contribution in [0, 0.1) is 11.3 Å². The molecule has 0 bridgehead atoms. The average Bonchev–Trinajstić information content (AvgIpc) is 2.72. The van der Waals surface area contributed by atoms with E-state index >= 15 is 0 Å². The van der Waals surface area contributed by atoms with Gasteiger partial charge >= 0.3 is 0 Å². The van der Waals surface area contributed by atoms with Gasteiger partial charge in [0.05, 0.1) is 17.5 Å². The molecular formula is C11H17N3S. The molecule has 1 heterocycles. The fraction of sp³-hybridized carbons (Fsp3) is 0.636. The molecule has 4 heteroatoms. The summed E-state index contributed by atoms with van der Waals surface area (Å²) in [5, 5.41) is 13.2. The third-order valence-electron chi connectivity index (χ3n) is 2.30. The zero-order valence-electron chi connectivity index (χ0n) is 9.29. The minimum Gasteiger partial charge on any atom is -0.308 e. The maximum Gasteiger partial charge on any atom is 0.0925 e. The van der Waals surface area contributed by atoms with Gasteiger partial charge in [0.2, 0.25) is 0 Å². The zero-order chi connectivity index (χ0) is 11.1. The first kappa shape index (κ1) is 12.2. The van der Waals surface area contributed by atoms with Crippen molar-refractivity contribution in [2.75, 3.05) is 0 Å². The van der Waals surface area contributed by atoms with Crippen LogP contribution in [0.15, 0.2) is 6.20 Å². The second-order valence-corrected chi connectivity index (χ2v) is 4.62. The summed E-state index contributed by atoms with van der Waals surface area (Å²) in [6, 6.07) is 2.50. The van der Waals surface area contributed by atoms with Crippen LogP contribution in [0.3, 0.4) is 0 Å². The average molecular weight is 223 g/mol. The molecule has 0 aliphatic rings. The molecule has 0 spiro atoms. The van der Waals surface area contributed by atoms with E-state index in [9.17, 15) is 0 Å². The summed E-state index contributed by atoms with van der Waals surface area (Å²) in [6.07, 6.45) is 4.50. The number of aromatic nitrogens is 1. The second kappa shape index (κ2) is 6.54. The van der Waals surface area contributed by atoms with Crippen molar-refractivity contribution in [2.45, 2.75) is 45.7 Å². The summed E-state index contributed by atoms with van der Waals surface area (Å²) < 4.78 is 0. The number of nitrogens with one attached hydrogen (secondary N) is 1. The quantitative estimate of drug-likeness (QED) is 0.806. The Morgan fingerprint density at radius 1 is 1.60 bits per heavy atom. The van der Waals surface area contributed by atoms with E-state index in [4.69, 9.17) is 5.26 Å². The van der Waals surface area contributed by atoms with Crippen molar-refractivity contribution < 1.29 is 0 Å². The van der Waals surface area contributed by atoms with E-state index in [0.29, 0.717) is 12.5 Å². The van der Waals surface area contributed by atoms with Gasteiger partial charge in [0, 0.05) is 23.7 Å². The molecule has 3 nitrogen and oxygen atoms in total. The van der Waals surface area contributed by atoms with E-state index in [1.807, 2.05) is 6.20 Å². The summed E-state index contributed by atoms with van der Waals surface area (Å²) in [5.41, 5.74) is 0. The van der Waals surface area contributed by atoms with E-state index in [1.165, 1.54) is 9.88 Å². The van der Waals surface area contributed by atoms with Crippen LogP contribution < -0.4 is 5.32 Å². The fourth-order valence-corrected chi connectivity index (χ4v) is 2.12. The van der Waals surface area contributed by atoms with Crippen LogP contribution in [0.4, 0.5) is 0 Å². The van der Waals surface area contributed by atoms with Crippen LogP contribution in [0.5, 0.6) is 0 Å². The van der Waals surface area contributed by atoms with Gasteiger partial charge in [-0.25, -0.2) is 4.98 Å². The third-order valence-corrected chi connectivity index (χ3v) is 3.44. The number of aryl methyl sites for hydroxylation is 1. The molecule has 1 atom stereocenters. The lowest BCUT2D eigenvalue weighted by Gasteiger charge is -2.11. The maximum atomic E-state index is 8.61. The Labute approximate surface area is 95.2 Å². The summed E-state index contributed by atoms with van der Waals surface area (Å²) >= 11 is 1.75. The van der Waals surface area contributed by atoms with Gasteiger partial charge in [-0.15, -0.1) is 11.3 Å². The van der Waals surface area contributed by atoms with Crippen molar-refractivity contribution in [2.24, 2.45) is 0 Å². The number of hydrogen-bond acceptors (Lipinski definition) is 4. The molecule has 0 aromatic carbocycles. The minimum absolute atomic E-state index is 0.308. The topological polar surface area (TPSA) is 48.7 Å². The molecule has 0 radical (unpaired) electrons. The molecule has 1 N–H and O–H groups in total. The van der Waals surface area contributed by atoms with Gasteiger partial charge in [-0.2, -0.15) is 5.26 Å². The largest absolute Gasteiger partial charge is 0.308 e. The summed E-state index contributed by atoms with van der Waals surface area (Å²) in [5.74, 6) is 0. The molecule has 15 heavy (non-hydrogen) atoms. The zero-order valence-corrected chi connectivity index (χ0v) is 10.1. The minimum atomic E-state index is 0.308. The highest BCUT2D eigenvalue weighted by Crippen LogP contribution is 2.13. The van der Waals surface area contributed by atoms with Crippen molar-refractivity contribution in [1.29, 1.82) is 5.26 Å². The number of thiazole rings is 1. The molecule has 82 valence electrons. The van der Waals surface area contributed by atoms with Crippen molar-refractivity contribution in [3.8, 4) is 6.07 Å². The SMILES string of the molecule is CCc1ncc(CNC(CC)CC#N)s1. The van der Waals surface area contributed by atoms with Gasteiger partial charge in [0.15, 0.2) is 0 Å². The van der Waals surface area contributed by atoms with Crippen molar-refractivity contribution in [1.82, 2.24) is 10.3 Å². The van der Waals surface area contributed by atoms with Crippen molar-refractivity contribution >= 4 is 11.3 Å². The molecule has 1 aromatic heterocycles. The van der Waals surface area contributed by atoms with Crippen molar-refractivity contribution in [3.63, 3.8) is 0 Å². The van der Waals surface area contributed by atoms with Crippen LogP contribution >= 0.6 is 11.3 Å². The monoisotopic (exact) mass is 223 g/mol. The molecule has 1 aromatic rings. The van der Waals surface area contributed by atoms with Crippen LogP contribution in [-0.2, 0) is 13.0 Å². The molecule has 0 saturated heterocycles. The van der Waals surface area contributed by atoms with Crippen molar-refractivity contribution in [3.05, 3.63) is 16.1 Å². The number of nitrogens with zero attached hydrogens (tertiary/aromatic N) is 2. The van der Waals surface area contributed by atoms with Crippen LogP contribution in [0.1, 0.15) is 36.6 Å². The lowest BCUT2D eigenvalue weighted by molar-refractivity contribution is 0.507. The lowest BCUT2D eigenvalue weighted by Crippen LogP contribution is -2.26. The molecule has 0 aliphatic carbocycles. The van der Waals surface area contributed by atoms with Gasteiger partial charge < -0.3 is 5.32 Å². The van der Waals surface area contributed by atoms with E-state index in [1.54, 1.807) is 11.3 Å². The highest BCUT2D eigenvalue weighted by molar-refractivity contribution is 7.11. The predicted molar refractivity (Wildman–Crippen MR) is 62.6 cm³/mol. The first-order valence-electron chi connectivity index (χ1n) is 5.34. The van der Waals surface area contributed by atoms with E-state index in [2.05, 4.69) is 30.2 Å². The van der Waals surface area contributed by atoms with Gasteiger partial charge in [-0.1, -0.05) is 13.8 Å². The number of hydrogen-bond donors (Lipinski definition) is 1. The molecule has 1 rings (SSSR count). The Morgan fingerprint density at radius 2 is 2.40 bits per heavy atom. The predicted octanol–water partition coefficient (Wildman–Crippen LogP) is 2.49. The lowest BCUT2D eigenvalue weighted by atomic mass is 10.2. The van der Waals surface area contributed by atoms with Crippen LogP contribution in [0.2, 0.25) is 0 Å². The van der Waals surface area contributed by atoms with E-state index in [-0.39, 0.29) is 0 Å². The Bertz CT molecular complexity index is 327. The summed E-state index contributed by atoms with van der Waals surface area (Å²) in [7, 11) is 0. The smallest absolute Gasteiger partial charge is 0.0925 e. The third kappa shape index (κ3) is 3.98. The summed E-state index contributed by atoms with van der Waals surface area (Å²) in [6.45, 7) is 5.04. The van der Waals surface area contributed by atoms with Crippen LogP contribution in [-0.4, -0.2) is 11.0 Å². The van der Waals surface area contributed by atoms with Gasteiger partial charge in [0.1, 0.15) is 0 Å². The van der Waals surface area contributed by atoms with Gasteiger partial charge in [-0.05, 0) is 12.8 Å². The second-order valence-electron chi connectivity index (χ2n) is 3.42. The number of nitriles is 1. The highest BCUT2D eigenvalue weighted by Gasteiger charge is 2.06. The van der Waals surface area contributed by atoms with Crippen LogP contribution in [0.25, 0.3) is 0 Å². The molecule has 1 unspecified atom stereocenters. The fourth-order valence-electron chi connectivity index (χ4n) is 1.31. The maximum absolute atomic E-state index is 8.61. The van der Waals surface area contributed by atoms with Gasteiger partial charge in [0.25, 0.3) is 0 Å². The Morgan fingerprint density at radius 3 is 2.93 bits per heavy atom. The molecule has 0 aliphatic heterocycles.